The van der Waals surface area contributed by atoms with Gasteiger partial charge in [0.15, 0.2) is 0 Å². The number of carbonyl (C=O) groups excluding carboxylic acids is 1. The van der Waals surface area contributed by atoms with E-state index in [9.17, 15) is 18.0 Å². The van der Waals surface area contributed by atoms with Crippen molar-refractivity contribution in [3.8, 4) is 5.69 Å². The van der Waals surface area contributed by atoms with E-state index in [1.54, 1.807) is 0 Å². The van der Waals surface area contributed by atoms with Crippen LogP contribution in [0.2, 0.25) is 0 Å². The third-order valence-electron chi connectivity index (χ3n) is 7.30. The third kappa shape index (κ3) is 8.03. The lowest BCUT2D eigenvalue weighted by atomic mass is 10.1. The van der Waals surface area contributed by atoms with Gasteiger partial charge in [-0.2, -0.15) is 18.3 Å². The van der Waals surface area contributed by atoms with Crippen LogP contribution in [-0.4, -0.2) is 70.7 Å². The van der Waals surface area contributed by atoms with Gasteiger partial charge in [-0.15, -0.1) is 0 Å². The van der Waals surface area contributed by atoms with Crippen molar-refractivity contribution in [2.45, 2.75) is 25.7 Å². The molecule has 0 bridgehead atoms. The molecule has 1 saturated heterocycles. The van der Waals surface area contributed by atoms with Gasteiger partial charge in [0.25, 0.3) is 5.91 Å². The number of carboxylic acid groups (broad SMARTS) is 1. The maximum atomic E-state index is 13.0. The number of anilines is 2. The van der Waals surface area contributed by atoms with E-state index in [2.05, 4.69) is 51.6 Å². The van der Waals surface area contributed by atoms with Gasteiger partial charge in [0.1, 0.15) is 0 Å². The Morgan fingerprint density at radius 2 is 1.61 bits per heavy atom. The topological polar surface area (TPSA) is 99.9 Å². The Balaban J connectivity index is 0.000000493. The molecule has 12 heteroatoms. The highest BCUT2D eigenvalue weighted by molar-refractivity contribution is 6.04. The fourth-order valence-electron chi connectivity index (χ4n) is 5.05. The standard InChI is InChI=1S/C30H31N5O2.C2HF3O2/c36-30(31-26-9-11-27(12-10-26)34-15-17-37-18-16-34)24-7-4-8-28(19-24)35-22-25-21-33(14-13-29(25)32-35)20-23-5-2-1-3-6-23;3-2(4,5)1(6)7/h1-12,19,22H,13-18,20-21H2,(H,31,36);(H,6,7). The Labute approximate surface area is 252 Å². The first-order valence-electron chi connectivity index (χ1n) is 14.1. The van der Waals surface area contributed by atoms with Crippen LogP contribution >= 0.6 is 0 Å². The zero-order valence-corrected chi connectivity index (χ0v) is 23.8. The minimum atomic E-state index is -5.08. The molecule has 2 aliphatic heterocycles. The van der Waals surface area contributed by atoms with E-state index >= 15 is 0 Å². The number of carboxylic acids is 1. The Morgan fingerprint density at radius 1 is 0.909 bits per heavy atom. The molecule has 0 atom stereocenters. The molecule has 0 spiro atoms. The summed E-state index contributed by atoms with van der Waals surface area (Å²) >= 11 is 0. The minimum absolute atomic E-state index is 0.132. The monoisotopic (exact) mass is 607 g/mol. The maximum Gasteiger partial charge on any atom is 0.490 e. The summed E-state index contributed by atoms with van der Waals surface area (Å²) in [5.41, 5.74) is 7.13. The van der Waals surface area contributed by atoms with Crippen molar-refractivity contribution >= 4 is 23.3 Å². The molecule has 1 fully saturated rings. The van der Waals surface area contributed by atoms with Crippen molar-refractivity contribution in [1.82, 2.24) is 14.7 Å². The summed E-state index contributed by atoms with van der Waals surface area (Å²) in [4.78, 5) is 26.7. The second kappa shape index (κ2) is 13.7. The molecule has 44 heavy (non-hydrogen) atoms. The molecule has 0 saturated carbocycles. The van der Waals surface area contributed by atoms with Gasteiger partial charge in [0.05, 0.1) is 24.6 Å². The van der Waals surface area contributed by atoms with E-state index in [-0.39, 0.29) is 5.91 Å². The number of benzene rings is 3. The Morgan fingerprint density at radius 3 is 2.30 bits per heavy atom. The molecule has 0 aliphatic carbocycles. The predicted octanol–water partition coefficient (Wildman–Crippen LogP) is 5.15. The molecule has 9 nitrogen and oxygen atoms in total. The normalized spacial score (nSPS) is 15.1. The van der Waals surface area contributed by atoms with Crippen LogP contribution in [0.3, 0.4) is 0 Å². The zero-order valence-electron chi connectivity index (χ0n) is 23.8. The molecule has 3 aromatic carbocycles. The number of nitrogens with zero attached hydrogens (tertiary/aromatic N) is 4. The van der Waals surface area contributed by atoms with Crippen molar-refractivity contribution in [3.05, 3.63) is 107 Å². The van der Waals surface area contributed by atoms with Gasteiger partial charge in [-0.05, 0) is 48.0 Å². The molecule has 230 valence electrons. The number of aliphatic carboxylic acids is 1. The molecule has 2 aliphatic rings. The summed E-state index contributed by atoms with van der Waals surface area (Å²) in [5.74, 6) is -2.89. The molecule has 4 aromatic rings. The summed E-state index contributed by atoms with van der Waals surface area (Å²) in [5, 5.41) is 15.0. The van der Waals surface area contributed by atoms with Crippen molar-refractivity contribution in [2.24, 2.45) is 0 Å². The lowest BCUT2D eigenvalue weighted by molar-refractivity contribution is -0.192. The number of fused-ring (bicyclic) bond motifs is 1. The molecule has 6 rings (SSSR count). The van der Waals surface area contributed by atoms with Crippen LogP contribution in [0.25, 0.3) is 5.69 Å². The van der Waals surface area contributed by atoms with E-state index in [4.69, 9.17) is 19.7 Å². The molecule has 1 aromatic heterocycles. The highest BCUT2D eigenvalue weighted by atomic mass is 19.4. The Hall–Kier alpha value is -4.68. The van der Waals surface area contributed by atoms with Crippen LogP contribution in [-0.2, 0) is 29.0 Å². The zero-order chi connectivity index (χ0) is 31.1. The summed E-state index contributed by atoms with van der Waals surface area (Å²) in [6.07, 6.45) is -2.05. The molecule has 0 unspecified atom stereocenters. The Bertz CT molecular complexity index is 1570. The smallest absolute Gasteiger partial charge is 0.475 e. The number of nitrogens with one attached hydrogen (secondary N) is 1. The maximum absolute atomic E-state index is 13.0. The van der Waals surface area contributed by atoms with Crippen LogP contribution in [0.1, 0.15) is 27.2 Å². The van der Waals surface area contributed by atoms with Crippen molar-refractivity contribution in [1.29, 1.82) is 0 Å². The van der Waals surface area contributed by atoms with E-state index in [0.29, 0.717) is 5.56 Å². The number of hydrogen-bond donors (Lipinski definition) is 2. The molecular formula is C32H32F3N5O4. The average Bonchev–Trinajstić information content (AvgIpc) is 3.46. The van der Waals surface area contributed by atoms with Crippen molar-refractivity contribution in [3.63, 3.8) is 0 Å². The van der Waals surface area contributed by atoms with Crippen molar-refractivity contribution in [2.75, 3.05) is 43.1 Å². The number of carbonyl (C=O) groups is 2. The van der Waals surface area contributed by atoms with Crippen molar-refractivity contribution < 1.29 is 32.6 Å². The average molecular weight is 608 g/mol. The van der Waals surface area contributed by atoms with Gasteiger partial charge in [-0.3, -0.25) is 9.69 Å². The summed E-state index contributed by atoms with van der Waals surface area (Å²) in [7, 11) is 0. The van der Waals surface area contributed by atoms with Gasteiger partial charge < -0.3 is 20.1 Å². The number of amides is 1. The second-order valence-electron chi connectivity index (χ2n) is 10.4. The summed E-state index contributed by atoms with van der Waals surface area (Å²) < 4.78 is 39.1. The van der Waals surface area contributed by atoms with E-state index in [1.165, 1.54) is 11.1 Å². The van der Waals surface area contributed by atoms with E-state index < -0.39 is 12.1 Å². The highest BCUT2D eigenvalue weighted by Gasteiger charge is 2.38. The fraction of sp³-hybridized carbons (Fsp3) is 0.281. The molecule has 0 radical (unpaired) electrons. The molecular weight excluding hydrogens is 575 g/mol. The summed E-state index contributed by atoms with van der Waals surface area (Å²) in [6.45, 7) is 6.09. The largest absolute Gasteiger partial charge is 0.490 e. The van der Waals surface area contributed by atoms with Gasteiger partial charge in [0, 0.05) is 67.8 Å². The number of halogens is 3. The van der Waals surface area contributed by atoms with E-state index in [0.717, 1.165) is 75.1 Å². The fourth-order valence-corrected chi connectivity index (χ4v) is 5.05. The summed E-state index contributed by atoms with van der Waals surface area (Å²) in [6, 6.07) is 26.2. The SMILES string of the molecule is O=C(Nc1ccc(N2CCOCC2)cc1)c1cccc(-n2cc3c(n2)CCN(Cc2ccccc2)C3)c1.O=C(O)C(F)(F)F. The van der Waals surface area contributed by atoms with Crippen LogP contribution in [0.5, 0.6) is 0 Å². The van der Waals surface area contributed by atoms with Gasteiger partial charge in [-0.1, -0.05) is 36.4 Å². The predicted molar refractivity (Wildman–Crippen MR) is 159 cm³/mol. The van der Waals surface area contributed by atoms with Crippen LogP contribution in [0.4, 0.5) is 24.5 Å². The van der Waals surface area contributed by atoms with E-state index in [1.807, 2.05) is 53.2 Å². The molecule has 3 heterocycles. The molecule has 1 amide bonds. The first-order valence-corrected chi connectivity index (χ1v) is 14.1. The minimum Gasteiger partial charge on any atom is -0.475 e. The number of aromatic nitrogens is 2. The number of ether oxygens (including phenoxy) is 1. The number of morpholine rings is 1. The highest BCUT2D eigenvalue weighted by Crippen LogP contribution is 2.23. The van der Waals surface area contributed by atoms with Gasteiger partial charge in [0.2, 0.25) is 0 Å². The van der Waals surface area contributed by atoms with Crippen LogP contribution in [0, 0.1) is 0 Å². The Kier molecular flexibility index (Phi) is 9.61. The van der Waals surface area contributed by atoms with Gasteiger partial charge in [-0.25, -0.2) is 9.48 Å². The van der Waals surface area contributed by atoms with Crippen LogP contribution in [0.15, 0.2) is 85.1 Å². The number of alkyl halides is 3. The third-order valence-corrected chi connectivity index (χ3v) is 7.30. The first kappa shape index (κ1) is 30.8. The number of rotatable bonds is 6. The lowest BCUT2D eigenvalue weighted by Gasteiger charge is -2.28. The molecule has 2 N–H and O–H groups in total. The number of hydrogen-bond acceptors (Lipinski definition) is 6. The second-order valence-corrected chi connectivity index (χ2v) is 10.4. The first-order chi connectivity index (χ1) is 21.2. The quantitative estimate of drug-likeness (QED) is 0.313. The van der Waals surface area contributed by atoms with Gasteiger partial charge >= 0.3 is 12.1 Å². The lowest BCUT2D eigenvalue weighted by Crippen LogP contribution is -2.36. The van der Waals surface area contributed by atoms with Crippen LogP contribution < -0.4 is 10.2 Å².